The molecule has 0 amide bonds. The molecular weight excluding hydrogens is 408 g/mol. The van der Waals surface area contributed by atoms with Crippen molar-refractivity contribution in [2.45, 2.75) is 71.6 Å². The standard InChI is InChI=1S/C23H30N6O3/c1-3-32-22(30)15-29-21(25-26-27-29)14-28(19-7-5-4-6-8-19)13-18-12-17-11-16(2)9-10-20(17)24-23(18)31/h9-12,19H,3-8,13-15H2,1-2H3,(H,24,31). The highest BCUT2D eigenvalue weighted by atomic mass is 16.5. The minimum Gasteiger partial charge on any atom is -0.465 e. The van der Waals surface area contributed by atoms with Crippen LogP contribution in [0.3, 0.4) is 0 Å². The minimum atomic E-state index is -0.369. The first-order valence-corrected chi connectivity index (χ1v) is 11.3. The fourth-order valence-electron chi connectivity index (χ4n) is 4.44. The molecule has 1 aromatic carbocycles. The van der Waals surface area contributed by atoms with Crippen molar-refractivity contribution < 1.29 is 9.53 Å². The number of carbonyl (C=O) groups is 1. The third kappa shape index (κ3) is 5.21. The summed E-state index contributed by atoms with van der Waals surface area (Å²) >= 11 is 0. The van der Waals surface area contributed by atoms with Crippen LogP contribution in [0.25, 0.3) is 10.9 Å². The number of hydrogen-bond acceptors (Lipinski definition) is 7. The molecule has 0 bridgehead atoms. The first-order valence-electron chi connectivity index (χ1n) is 11.3. The summed E-state index contributed by atoms with van der Waals surface area (Å²) in [7, 11) is 0. The van der Waals surface area contributed by atoms with Crippen molar-refractivity contribution in [2.75, 3.05) is 6.61 Å². The number of aromatic amines is 1. The first kappa shape index (κ1) is 22.1. The normalized spacial score (nSPS) is 14.8. The Bertz CT molecular complexity index is 1130. The molecule has 2 aromatic heterocycles. The molecule has 1 aliphatic carbocycles. The quantitative estimate of drug-likeness (QED) is 0.539. The average Bonchev–Trinajstić information content (AvgIpc) is 3.21. The van der Waals surface area contributed by atoms with Crippen molar-refractivity contribution in [1.82, 2.24) is 30.1 Å². The largest absolute Gasteiger partial charge is 0.465 e. The second kappa shape index (κ2) is 10.0. The highest BCUT2D eigenvalue weighted by Gasteiger charge is 2.25. The molecule has 0 saturated heterocycles. The topological polar surface area (TPSA) is 106 Å². The third-order valence-corrected chi connectivity index (χ3v) is 6.08. The van der Waals surface area contributed by atoms with Gasteiger partial charge in [0.1, 0.15) is 6.54 Å². The summed E-state index contributed by atoms with van der Waals surface area (Å²) in [5.74, 6) is 0.225. The lowest BCUT2D eigenvalue weighted by Crippen LogP contribution is -2.38. The van der Waals surface area contributed by atoms with Crippen LogP contribution in [0.15, 0.2) is 29.1 Å². The second-order valence-corrected chi connectivity index (χ2v) is 8.47. The summed E-state index contributed by atoms with van der Waals surface area (Å²) < 4.78 is 6.53. The molecule has 3 aromatic rings. The summed E-state index contributed by atoms with van der Waals surface area (Å²) in [6.45, 7) is 5.06. The number of carbonyl (C=O) groups excluding carboxylic acids is 1. The number of ether oxygens (including phenoxy) is 1. The van der Waals surface area contributed by atoms with Gasteiger partial charge >= 0.3 is 5.97 Å². The zero-order valence-electron chi connectivity index (χ0n) is 18.7. The number of rotatable bonds is 8. The molecule has 1 N–H and O–H groups in total. The third-order valence-electron chi connectivity index (χ3n) is 6.08. The van der Waals surface area contributed by atoms with Gasteiger partial charge in [0, 0.05) is 23.7 Å². The molecule has 9 nitrogen and oxygen atoms in total. The Hall–Kier alpha value is -3.07. The lowest BCUT2D eigenvalue weighted by Gasteiger charge is -2.33. The molecule has 1 aliphatic rings. The number of tetrazole rings is 1. The molecule has 0 unspecified atom stereocenters. The van der Waals surface area contributed by atoms with E-state index in [1.54, 1.807) is 6.92 Å². The van der Waals surface area contributed by atoms with Gasteiger partial charge < -0.3 is 9.72 Å². The molecule has 1 fully saturated rings. The maximum atomic E-state index is 12.8. The Kier molecular flexibility index (Phi) is 6.94. The fraction of sp³-hybridized carbons (Fsp3) is 0.522. The second-order valence-electron chi connectivity index (χ2n) is 8.47. The Morgan fingerprint density at radius 2 is 2.03 bits per heavy atom. The van der Waals surface area contributed by atoms with Gasteiger partial charge in [-0.1, -0.05) is 30.9 Å². The number of fused-ring (bicyclic) bond motifs is 1. The number of nitrogens with zero attached hydrogens (tertiary/aromatic N) is 5. The first-order chi connectivity index (χ1) is 15.5. The van der Waals surface area contributed by atoms with Crippen LogP contribution >= 0.6 is 0 Å². The molecule has 9 heteroatoms. The molecule has 1 saturated carbocycles. The molecule has 0 aliphatic heterocycles. The number of aryl methyl sites for hydroxylation is 1. The molecule has 0 atom stereocenters. The van der Waals surface area contributed by atoms with Gasteiger partial charge in [0.05, 0.1) is 13.2 Å². The van der Waals surface area contributed by atoms with Crippen LogP contribution in [-0.4, -0.2) is 48.7 Å². The summed E-state index contributed by atoms with van der Waals surface area (Å²) in [5.41, 5.74) is 2.64. The number of nitrogens with one attached hydrogen (secondary N) is 1. The smallest absolute Gasteiger partial charge is 0.327 e. The maximum Gasteiger partial charge on any atom is 0.327 e. The van der Waals surface area contributed by atoms with Crippen LogP contribution in [-0.2, 0) is 29.2 Å². The average molecular weight is 439 g/mol. The van der Waals surface area contributed by atoms with E-state index >= 15 is 0 Å². The number of pyridine rings is 1. The Morgan fingerprint density at radius 1 is 1.22 bits per heavy atom. The van der Waals surface area contributed by atoms with E-state index in [2.05, 4.69) is 31.5 Å². The van der Waals surface area contributed by atoms with E-state index in [0.717, 1.165) is 34.9 Å². The van der Waals surface area contributed by atoms with Crippen molar-refractivity contribution in [3.05, 3.63) is 51.6 Å². The van der Waals surface area contributed by atoms with Gasteiger partial charge in [0.2, 0.25) is 0 Å². The predicted octanol–water partition coefficient (Wildman–Crippen LogP) is 2.72. The van der Waals surface area contributed by atoms with Gasteiger partial charge in [-0.05, 0) is 60.7 Å². The summed E-state index contributed by atoms with van der Waals surface area (Å²) in [6, 6.07) is 8.34. The summed E-state index contributed by atoms with van der Waals surface area (Å²) in [4.78, 5) is 30.1. The number of benzene rings is 1. The number of esters is 1. The van der Waals surface area contributed by atoms with E-state index in [1.807, 2.05) is 25.1 Å². The van der Waals surface area contributed by atoms with Crippen molar-refractivity contribution in [3.8, 4) is 0 Å². The van der Waals surface area contributed by atoms with Crippen LogP contribution in [0.1, 0.15) is 56.0 Å². The molecule has 0 radical (unpaired) electrons. The highest BCUT2D eigenvalue weighted by molar-refractivity contribution is 5.79. The van der Waals surface area contributed by atoms with Crippen molar-refractivity contribution in [3.63, 3.8) is 0 Å². The molecule has 32 heavy (non-hydrogen) atoms. The van der Waals surface area contributed by atoms with Crippen LogP contribution < -0.4 is 5.56 Å². The van der Waals surface area contributed by atoms with E-state index in [1.165, 1.54) is 23.9 Å². The van der Waals surface area contributed by atoms with Crippen molar-refractivity contribution in [1.29, 1.82) is 0 Å². The molecular formula is C23H30N6O3. The SMILES string of the molecule is CCOC(=O)Cn1nnnc1CN(Cc1cc2cc(C)ccc2[nH]c1=O)C1CCCCC1. The van der Waals surface area contributed by atoms with Crippen molar-refractivity contribution >= 4 is 16.9 Å². The van der Waals surface area contributed by atoms with Gasteiger partial charge in [-0.25, -0.2) is 4.68 Å². The van der Waals surface area contributed by atoms with Crippen LogP contribution in [0.2, 0.25) is 0 Å². The predicted molar refractivity (Wildman–Crippen MR) is 120 cm³/mol. The lowest BCUT2D eigenvalue weighted by atomic mass is 9.93. The molecule has 170 valence electrons. The fourth-order valence-corrected chi connectivity index (χ4v) is 4.44. The Morgan fingerprint density at radius 3 is 2.81 bits per heavy atom. The van der Waals surface area contributed by atoms with Gasteiger partial charge in [-0.3, -0.25) is 14.5 Å². The number of H-pyrrole nitrogens is 1. The highest BCUT2D eigenvalue weighted by Crippen LogP contribution is 2.25. The van der Waals surface area contributed by atoms with Crippen LogP contribution in [0.4, 0.5) is 0 Å². The minimum absolute atomic E-state index is 0.0233. The molecule has 0 spiro atoms. The number of hydrogen-bond donors (Lipinski definition) is 1. The van der Waals surface area contributed by atoms with Gasteiger partial charge in [0.25, 0.3) is 5.56 Å². The van der Waals surface area contributed by atoms with E-state index in [4.69, 9.17) is 4.74 Å². The summed E-state index contributed by atoms with van der Waals surface area (Å²) in [5, 5.41) is 12.9. The van der Waals surface area contributed by atoms with Gasteiger partial charge in [-0.2, -0.15) is 0 Å². The van der Waals surface area contributed by atoms with Crippen molar-refractivity contribution in [2.24, 2.45) is 0 Å². The van der Waals surface area contributed by atoms with Crippen LogP contribution in [0, 0.1) is 6.92 Å². The summed E-state index contributed by atoms with van der Waals surface area (Å²) in [6.07, 6.45) is 5.72. The van der Waals surface area contributed by atoms with E-state index in [9.17, 15) is 9.59 Å². The lowest BCUT2D eigenvalue weighted by molar-refractivity contribution is -0.144. The van der Waals surface area contributed by atoms with E-state index in [-0.39, 0.29) is 18.1 Å². The molecule has 4 rings (SSSR count). The van der Waals surface area contributed by atoms with Gasteiger partial charge in [0.15, 0.2) is 5.82 Å². The number of aromatic nitrogens is 5. The Balaban J connectivity index is 1.60. The molecule has 2 heterocycles. The zero-order valence-corrected chi connectivity index (χ0v) is 18.7. The zero-order chi connectivity index (χ0) is 22.5. The Labute approximate surface area is 186 Å². The van der Waals surface area contributed by atoms with Gasteiger partial charge in [-0.15, -0.1) is 5.10 Å². The monoisotopic (exact) mass is 438 g/mol. The van der Waals surface area contributed by atoms with E-state index in [0.29, 0.717) is 31.6 Å². The van der Waals surface area contributed by atoms with Crippen LogP contribution in [0.5, 0.6) is 0 Å². The van der Waals surface area contributed by atoms with E-state index < -0.39 is 0 Å². The maximum absolute atomic E-state index is 12.8.